The molecule has 0 aromatic heterocycles. The van der Waals surface area contributed by atoms with E-state index >= 15 is 0 Å². The zero-order valence-electron chi connectivity index (χ0n) is 19.9. The number of rotatable bonds is 4. The molecule has 0 heterocycles. The summed E-state index contributed by atoms with van der Waals surface area (Å²) in [7, 11) is -3.29. The second kappa shape index (κ2) is 16.8. The molecule has 0 nitrogen and oxygen atoms in total. The normalized spacial score (nSPS) is 10.0. The Hall–Kier alpha value is -0.779. The molecular formula is C30H34Au2P2. The zero-order chi connectivity index (χ0) is 21.5. The van der Waals surface area contributed by atoms with Gasteiger partial charge >= 0.3 is 44.8 Å². The van der Waals surface area contributed by atoms with Crippen molar-refractivity contribution in [3.63, 3.8) is 0 Å². The van der Waals surface area contributed by atoms with E-state index in [0.717, 1.165) is 0 Å². The molecule has 4 aromatic carbocycles. The molecular weight excluding hydrogens is 816 g/mol. The van der Waals surface area contributed by atoms with Crippen LogP contribution >= 0.6 is 14.5 Å². The Bertz CT molecular complexity index is 850. The van der Waals surface area contributed by atoms with Crippen LogP contribution in [0.25, 0.3) is 0 Å². The van der Waals surface area contributed by atoms with E-state index in [1.807, 2.05) is 72.8 Å². The molecule has 0 spiro atoms. The second-order valence-electron chi connectivity index (χ2n) is 7.28. The minimum absolute atomic E-state index is 0. The monoisotopic (exact) mass is 850 g/mol. The molecule has 0 unspecified atom stereocenters. The first kappa shape index (κ1) is 35.4. The number of hydrogen-bond acceptors (Lipinski definition) is 0. The van der Waals surface area contributed by atoms with Gasteiger partial charge in [0.1, 0.15) is 0 Å². The fraction of sp³-hybridized carbons (Fsp3) is 0. The van der Waals surface area contributed by atoms with Gasteiger partial charge in [-0.1, -0.05) is 72.8 Å². The maximum Gasteiger partial charge on any atom is 3.00 e. The van der Waals surface area contributed by atoms with Crippen LogP contribution in [0.2, 0.25) is 0 Å². The summed E-state index contributed by atoms with van der Waals surface area (Å²) < 4.78 is 0. The zero-order valence-corrected chi connectivity index (χ0v) is 26.0. The number of benzene rings is 4. The van der Waals surface area contributed by atoms with Gasteiger partial charge in [0.15, 0.2) is 0 Å². The predicted octanol–water partition coefficient (Wildman–Crippen LogP) is 7.37. The first-order chi connectivity index (χ1) is 14.4. The van der Waals surface area contributed by atoms with Crippen molar-refractivity contribution in [1.29, 1.82) is 0 Å². The summed E-state index contributed by atoms with van der Waals surface area (Å²) in [4.78, 5) is 0. The summed E-state index contributed by atoms with van der Waals surface area (Å²) >= 11 is 0. The molecule has 4 heteroatoms. The van der Waals surface area contributed by atoms with Crippen LogP contribution in [0, 0.1) is 41.5 Å². The van der Waals surface area contributed by atoms with Crippen LogP contribution in [0.4, 0.5) is 0 Å². The fourth-order valence-corrected chi connectivity index (χ4v) is 6.72. The molecule has 0 aliphatic carbocycles. The molecule has 0 N–H and O–H groups in total. The summed E-state index contributed by atoms with van der Waals surface area (Å²) in [5, 5.41) is 4.99. The smallest absolute Gasteiger partial charge is 0.358 e. The molecule has 0 fully saturated rings. The van der Waals surface area contributed by atoms with Crippen molar-refractivity contribution in [3.05, 3.63) is 163 Å². The molecule has 0 saturated heterocycles. The Morgan fingerprint density at radius 1 is 0.353 bits per heavy atom. The van der Waals surface area contributed by atoms with E-state index in [0.29, 0.717) is 0 Å². The largest absolute Gasteiger partial charge is 3.00 e. The van der Waals surface area contributed by atoms with Gasteiger partial charge in [-0.25, -0.2) is 0 Å². The van der Waals surface area contributed by atoms with Gasteiger partial charge in [-0.2, -0.15) is 41.2 Å². The van der Waals surface area contributed by atoms with Crippen LogP contribution in [0.5, 0.6) is 0 Å². The average molecular weight is 850 g/mol. The molecule has 0 aliphatic heterocycles. The number of hydrogen-bond donors (Lipinski definition) is 0. The van der Waals surface area contributed by atoms with E-state index in [4.69, 9.17) is 0 Å². The van der Waals surface area contributed by atoms with Gasteiger partial charge in [0.25, 0.3) is 0 Å². The molecule has 0 saturated carbocycles. The molecule has 0 amide bonds. The third-order valence-electron chi connectivity index (χ3n) is 5.00. The van der Waals surface area contributed by atoms with E-state index in [-0.39, 0.29) is 59.6 Å². The van der Waals surface area contributed by atoms with Gasteiger partial charge in [0, 0.05) is 21.2 Å². The Labute approximate surface area is 241 Å². The Morgan fingerprint density at radius 2 is 0.500 bits per heavy atom. The molecule has 4 rings (SSSR count). The summed E-state index contributed by atoms with van der Waals surface area (Å²) in [6, 6.07) is 41.3. The minimum Gasteiger partial charge on any atom is -0.358 e. The van der Waals surface area contributed by atoms with Crippen LogP contribution in [0.3, 0.4) is 0 Å². The molecule has 0 radical (unpaired) electrons. The molecule has 0 aliphatic rings. The first-order valence-corrected chi connectivity index (χ1v) is 14.1. The SMILES string of the molecule is [Au+3].[Au+].[CH2-][P+]([CH2-])(c1ccccc1)c1ccccc1.[CH2-][P+]([CH2-])(c1ccccc1)c1ccccc1.[CH3-].[CH3-]. The molecule has 186 valence electrons. The molecule has 0 bridgehead atoms. The topological polar surface area (TPSA) is 0 Å². The standard InChI is InChI=1S/2C14H14P.2CH3.2Au/c2*1-15(2,13-9-5-3-6-10-13)14-11-7-4-8-12-14;;;;/h2*3-12H,1-2H2;2*1H3;;/q4*-1;+1;+3. The van der Waals surface area contributed by atoms with Crippen molar-refractivity contribution >= 4 is 35.7 Å². The summed E-state index contributed by atoms with van der Waals surface area (Å²) in [6.45, 7) is 17.2. The molecule has 0 atom stereocenters. The van der Waals surface area contributed by atoms with E-state index < -0.39 is 14.5 Å². The molecule has 4 aromatic rings. The second-order valence-corrected chi connectivity index (χ2v) is 13.2. The minimum atomic E-state index is -1.65. The maximum atomic E-state index is 4.31. The van der Waals surface area contributed by atoms with Crippen LogP contribution in [-0.2, 0) is 44.8 Å². The van der Waals surface area contributed by atoms with Crippen LogP contribution in [-0.4, -0.2) is 0 Å². The van der Waals surface area contributed by atoms with Gasteiger partial charge in [-0.3, -0.25) is 0 Å². The van der Waals surface area contributed by atoms with Crippen molar-refractivity contribution in [2.45, 2.75) is 0 Å². The van der Waals surface area contributed by atoms with Gasteiger partial charge in [0.2, 0.25) is 0 Å². The third kappa shape index (κ3) is 9.35. The van der Waals surface area contributed by atoms with E-state index in [9.17, 15) is 0 Å². The van der Waals surface area contributed by atoms with Gasteiger partial charge in [-0.15, -0.1) is 0 Å². The van der Waals surface area contributed by atoms with Crippen molar-refractivity contribution in [1.82, 2.24) is 0 Å². The Kier molecular flexibility index (Phi) is 17.5. The third-order valence-corrected chi connectivity index (χ3v) is 10.1. The summed E-state index contributed by atoms with van der Waals surface area (Å²) in [6.07, 6.45) is 0. The van der Waals surface area contributed by atoms with Crippen LogP contribution < -0.4 is 21.2 Å². The van der Waals surface area contributed by atoms with E-state index in [2.05, 4.69) is 75.2 Å². The Morgan fingerprint density at radius 3 is 0.647 bits per heavy atom. The van der Waals surface area contributed by atoms with Crippen molar-refractivity contribution in [2.75, 3.05) is 0 Å². The van der Waals surface area contributed by atoms with Crippen molar-refractivity contribution < 1.29 is 44.8 Å². The van der Waals surface area contributed by atoms with Crippen LogP contribution in [0.15, 0.2) is 121 Å². The van der Waals surface area contributed by atoms with E-state index in [1.165, 1.54) is 21.2 Å². The molecule has 34 heavy (non-hydrogen) atoms. The fourth-order valence-electron chi connectivity index (χ4n) is 3.15. The van der Waals surface area contributed by atoms with Crippen LogP contribution in [0.1, 0.15) is 0 Å². The summed E-state index contributed by atoms with van der Waals surface area (Å²) in [5.41, 5.74) is 0. The van der Waals surface area contributed by atoms with Gasteiger partial charge in [-0.05, 0) is 48.5 Å². The van der Waals surface area contributed by atoms with Crippen molar-refractivity contribution in [2.24, 2.45) is 0 Å². The van der Waals surface area contributed by atoms with Gasteiger partial charge in [0.05, 0.1) is 0 Å². The predicted molar refractivity (Wildman–Crippen MR) is 152 cm³/mol. The average Bonchev–Trinajstić information content (AvgIpc) is 2.82. The maximum absolute atomic E-state index is 4.31. The summed E-state index contributed by atoms with van der Waals surface area (Å²) in [5.74, 6) is 0. The first-order valence-electron chi connectivity index (χ1n) is 9.80. The van der Waals surface area contributed by atoms with Crippen molar-refractivity contribution in [3.8, 4) is 0 Å². The van der Waals surface area contributed by atoms with E-state index in [1.54, 1.807) is 0 Å². The quantitative estimate of drug-likeness (QED) is 0.114. The Balaban J connectivity index is 0. The van der Waals surface area contributed by atoms with Gasteiger partial charge < -0.3 is 14.9 Å².